The first-order valence-electron chi connectivity index (χ1n) is 7.05. The van der Waals surface area contributed by atoms with Crippen LogP contribution in [0.15, 0.2) is 24.3 Å². The first-order chi connectivity index (χ1) is 9.93. The minimum absolute atomic E-state index is 0.261. The van der Waals surface area contributed by atoms with E-state index < -0.39 is 11.1 Å². The van der Waals surface area contributed by atoms with Gasteiger partial charge in [0, 0.05) is 27.9 Å². The van der Waals surface area contributed by atoms with Crippen molar-refractivity contribution in [2.24, 2.45) is 5.73 Å². The SMILES string of the molecule is N[C@H]1CC[C@@H](Nc2cccc3sc(C(F)(F)F)cc23)CC1. The molecule has 1 fully saturated rings. The Morgan fingerprint density at radius 2 is 1.86 bits per heavy atom. The topological polar surface area (TPSA) is 38.0 Å². The lowest BCUT2D eigenvalue weighted by Gasteiger charge is -2.27. The fourth-order valence-corrected chi connectivity index (χ4v) is 3.76. The molecule has 0 bridgehead atoms. The molecule has 1 aliphatic carbocycles. The van der Waals surface area contributed by atoms with Crippen LogP contribution in [0.4, 0.5) is 18.9 Å². The Morgan fingerprint density at radius 3 is 2.52 bits per heavy atom. The largest absolute Gasteiger partial charge is 0.425 e. The van der Waals surface area contributed by atoms with Crippen LogP contribution < -0.4 is 11.1 Å². The van der Waals surface area contributed by atoms with Crippen molar-refractivity contribution in [1.82, 2.24) is 0 Å². The number of anilines is 1. The molecular formula is C15H17F3N2S. The lowest BCUT2D eigenvalue weighted by atomic mass is 9.91. The summed E-state index contributed by atoms with van der Waals surface area (Å²) >= 11 is 0.796. The smallest absolute Gasteiger partial charge is 0.382 e. The van der Waals surface area contributed by atoms with Crippen molar-refractivity contribution in [3.05, 3.63) is 29.1 Å². The molecule has 0 spiro atoms. The number of fused-ring (bicyclic) bond motifs is 1. The summed E-state index contributed by atoms with van der Waals surface area (Å²) < 4.78 is 39.2. The Balaban J connectivity index is 1.86. The van der Waals surface area contributed by atoms with Crippen molar-refractivity contribution in [2.75, 3.05) is 5.32 Å². The first kappa shape index (κ1) is 14.7. The molecule has 0 saturated heterocycles. The highest BCUT2D eigenvalue weighted by Gasteiger charge is 2.33. The summed E-state index contributed by atoms with van der Waals surface area (Å²) in [5, 5.41) is 4.05. The summed E-state index contributed by atoms with van der Waals surface area (Å²) in [7, 11) is 0. The number of nitrogens with two attached hydrogens (primary N) is 1. The number of benzene rings is 1. The Bertz CT molecular complexity index is 627. The molecule has 2 aromatic rings. The van der Waals surface area contributed by atoms with Crippen LogP contribution in [0, 0.1) is 0 Å². The number of thiophene rings is 1. The minimum Gasteiger partial charge on any atom is -0.382 e. The number of alkyl halides is 3. The molecule has 3 N–H and O–H groups in total. The van der Waals surface area contributed by atoms with Crippen LogP contribution in [-0.4, -0.2) is 12.1 Å². The summed E-state index contributed by atoms with van der Waals surface area (Å²) in [4.78, 5) is -0.544. The molecule has 114 valence electrons. The highest BCUT2D eigenvalue weighted by molar-refractivity contribution is 7.19. The van der Waals surface area contributed by atoms with Crippen molar-refractivity contribution in [1.29, 1.82) is 0 Å². The lowest BCUT2D eigenvalue weighted by molar-refractivity contribution is -0.134. The van der Waals surface area contributed by atoms with Crippen LogP contribution in [0.1, 0.15) is 30.6 Å². The summed E-state index contributed by atoms with van der Waals surface area (Å²) in [6.45, 7) is 0. The van der Waals surface area contributed by atoms with Crippen LogP contribution in [0.2, 0.25) is 0 Å². The van der Waals surface area contributed by atoms with Crippen molar-refractivity contribution in [3.8, 4) is 0 Å². The van der Waals surface area contributed by atoms with E-state index in [1.54, 1.807) is 12.1 Å². The Morgan fingerprint density at radius 1 is 1.14 bits per heavy atom. The second kappa shape index (κ2) is 5.50. The molecule has 6 heteroatoms. The third kappa shape index (κ3) is 3.16. The van der Waals surface area contributed by atoms with Crippen molar-refractivity contribution in [2.45, 2.75) is 43.9 Å². The summed E-state index contributed by atoms with van der Waals surface area (Å²) in [6, 6.07) is 7.19. The molecule has 1 saturated carbocycles. The molecule has 1 aromatic heterocycles. The number of hydrogen-bond donors (Lipinski definition) is 2. The molecule has 0 amide bonds. The fraction of sp³-hybridized carbons (Fsp3) is 0.467. The van der Waals surface area contributed by atoms with Gasteiger partial charge >= 0.3 is 6.18 Å². The van der Waals surface area contributed by atoms with Crippen LogP contribution >= 0.6 is 11.3 Å². The zero-order valence-corrected chi connectivity index (χ0v) is 12.2. The zero-order valence-electron chi connectivity index (χ0n) is 11.4. The van der Waals surface area contributed by atoms with E-state index in [1.807, 2.05) is 6.07 Å². The number of nitrogens with one attached hydrogen (secondary N) is 1. The predicted molar refractivity (Wildman–Crippen MR) is 80.7 cm³/mol. The summed E-state index contributed by atoms with van der Waals surface area (Å²) in [6.07, 6.45) is -0.420. The lowest BCUT2D eigenvalue weighted by Crippen LogP contribution is -2.32. The van der Waals surface area contributed by atoms with Gasteiger partial charge in [-0.15, -0.1) is 11.3 Å². The Labute approximate surface area is 125 Å². The predicted octanol–water partition coefficient (Wildman–Crippen LogP) is 4.60. The highest BCUT2D eigenvalue weighted by atomic mass is 32.1. The van der Waals surface area contributed by atoms with Crippen LogP contribution in [-0.2, 0) is 6.18 Å². The van der Waals surface area contributed by atoms with Gasteiger partial charge in [-0.1, -0.05) is 6.07 Å². The van der Waals surface area contributed by atoms with Gasteiger partial charge in [-0.25, -0.2) is 0 Å². The van der Waals surface area contributed by atoms with Crippen LogP contribution in [0.5, 0.6) is 0 Å². The van der Waals surface area contributed by atoms with Gasteiger partial charge in [0.25, 0.3) is 0 Å². The molecule has 1 heterocycles. The quantitative estimate of drug-likeness (QED) is 0.850. The average Bonchev–Trinajstić information content (AvgIpc) is 2.86. The molecule has 3 rings (SSSR count). The van der Waals surface area contributed by atoms with Gasteiger partial charge in [0.1, 0.15) is 4.88 Å². The summed E-state index contributed by atoms with van der Waals surface area (Å²) in [5.74, 6) is 0. The maximum absolute atomic E-state index is 12.8. The van der Waals surface area contributed by atoms with E-state index in [0.717, 1.165) is 42.7 Å². The third-order valence-corrected chi connectivity index (χ3v) is 5.12. The van der Waals surface area contributed by atoms with Gasteiger partial charge < -0.3 is 11.1 Å². The van der Waals surface area contributed by atoms with E-state index in [4.69, 9.17) is 5.73 Å². The van der Waals surface area contributed by atoms with Crippen molar-refractivity contribution < 1.29 is 13.2 Å². The minimum atomic E-state index is -4.28. The van der Waals surface area contributed by atoms with E-state index >= 15 is 0 Å². The van der Waals surface area contributed by atoms with Gasteiger partial charge in [0.2, 0.25) is 0 Å². The van der Waals surface area contributed by atoms with E-state index in [2.05, 4.69) is 5.32 Å². The van der Waals surface area contributed by atoms with Crippen LogP contribution in [0.3, 0.4) is 0 Å². The van der Waals surface area contributed by atoms with Gasteiger partial charge in [0.05, 0.1) is 0 Å². The van der Waals surface area contributed by atoms with E-state index in [9.17, 15) is 13.2 Å². The molecule has 1 aliphatic rings. The molecule has 1 aromatic carbocycles. The number of hydrogen-bond acceptors (Lipinski definition) is 3. The number of halogens is 3. The van der Waals surface area contributed by atoms with E-state index in [1.165, 1.54) is 6.07 Å². The zero-order chi connectivity index (χ0) is 15.0. The Kier molecular flexibility index (Phi) is 3.84. The van der Waals surface area contributed by atoms with E-state index in [-0.39, 0.29) is 6.04 Å². The van der Waals surface area contributed by atoms with Crippen LogP contribution in [0.25, 0.3) is 10.1 Å². The van der Waals surface area contributed by atoms with E-state index in [0.29, 0.717) is 16.1 Å². The second-order valence-electron chi connectivity index (χ2n) is 5.58. The maximum atomic E-state index is 12.8. The van der Waals surface area contributed by atoms with Crippen molar-refractivity contribution in [3.63, 3.8) is 0 Å². The molecule has 0 atom stereocenters. The van der Waals surface area contributed by atoms with Gasteiger partial charge in [-0.05, 0) is 43.9 Å². The van der Waals surface area contributed by atoms with Gasteiger partial charge in [-0.3, -0.25) is 0 Å². The highest BCUT2D eigenvalue weighted by Crippen LogP contribution is 2.40. The van der Waals surface area contributed by atoms with Gasteiger partial charge in [0.15, 0.2) is 0 Å². The molecule has 0 aliphatic heterocycles. The maximum Gasteiger partial charge on any atom is 0.425 e. The number of rotatable bonds is 2. The first-order valence-corrected chi connectivity index (χ1v) is 7.87. The summed E-state index contributed by atoms with van der Waals surface area (Å²) in [5.41, 5.74) is 6.67. The Hall–Kier alpha value is -1.27. The molecule has 2 nitrogen and oxygen atoms in total. The molecule has 0 unspecified atom stereocenters. The average molecular weight is 314 g/mol. The monoisotopic (exact) mass is 314 g/mol. The third-order valence-electron chi connectivity index (χ3n) is 3.97. The fourth-order valence-electron chi connectivity index (χ4n) is 2.81. The molecule has 0 radical (unpaired) electrons. The standard InChI is InChI=1S/C15H17F3N2S/c16-15(17,18)14-8-11-12(2-1-3-13(11)21-14)20-10-6-4-9(19)5-7-10/h1-3,8-10,20H,4-7,19H2/t9-,10+. The normalized spacial score (nSPS) is 23.4. The second-order valence-corrected chi connectivity index (χ2v) is 6.67. The van der Waals surface area contributed by atoms with Crippen molar-refractivity contribution >= 4 is 27.1 Å². The molecular weight excluding hydrogens is 297 g/mol. The van der Waals surface area contributed by atoms with Gasteiger partial charge in [-0.2, -0.15) is 13.2 Å². The molecule has 21 heavy (non-hydrogen) atoms.